The van der Waals surface area contributed by atoms with Gasteiger partial charge in [0.05, 0.1) is 12.2 Å². The highest BCUT2D eigenvalue weighted by atomic mass is 19.1. The zero-order chi connectivity index (χ0) is 26.4. The molecule has 0 saturated heterocycles. The van der Waals surface area contributed by atoms with Gasteiger partial charge in [0.1, 0.15) is 23.9 Å². The first-order valence-corrected chi connectivity index (χ1v) is 11.9. The third-order valence-corrected chi connectivity index (χ3v) is 5.99. The lowest BCUT2D eigenvalue weighted by molar-refractivity contribution is -0.140. The number of nitrogens with one attached hydrogen (secondary N) is 1. The van der Waals surface area contributed by atoms with Gasteiger partial charge in [-0.15, -0.1) is 0 Å². The topological polar surface area (TPSA) is 84.9 Å². The molecule has 0 spiro atoms. The van der Waals surface area contributed by atoms with Crippen molar-refractivity contribution in [1.29, 1.82) is 0 Å². The van der Waals surface area contributed by atoms with Crippen molar-refractivity contribution < 1.29 is 28.2 Å². The summed E-state index contributed by atoms with van der Waals surface area (Å²) in [4.78, 5) is 40.2. The fraction of sp³-hybridized carbons (Fsp3) is 0.207. The number of allylic oxidation sites excluding steroid dienone is 1. The Hall–Kier alpha value is -4.46. The molecule has 0 bridgehead atoms. The first kappa shape index (κ1) is 25.6. The minimum Gasteiger partial charge on any atom is -0.463 e. The number of anilines is 1. The Kier molecular flexibility index (Phi) is 7.98. The molecule has 190 valence electrons. The quantitative estimate of drug-likeness (QED) is 0.417. The van der Waals surface area contributed by atoms with Gasteiger partial charge in [-0.25, -0.2) is 9.18 Å². The molecule has 7 nitrogen and oxygen atoms in total. The Morgan fingerprint density at radius 2 is 1.70 bits per heavy atom. The predicted octanol–water partition coefficient (Wildman–Crippen LogP) is 5.41. The standard InChI is InChI=1S/C29H27FN2O5/c1-3-36-29(35)28-19(2)32(18-26(33)31-22-14-12-21(30)13-15-22)27(34)17-25(28)20-8-7-11-24(16-20)37-23-9-5-4-6-10-23/h4-16,25H,3,17-18H2,1-2H3,(H,31,33). The second-order valence-electron chi connectivity index (χ2n) is 8.50. The summed E-state index contributed by atoms with van der Waals surface area (Å²) in [5, 5.41) is 2.65. The van der Waals surface area contributed by atoms with Crippen LogP contribution in [0.3, 0.4) is 0 Å². The van der Waals surface area contributed by atoms with Crippen molar-refractivity contribution in [3.63, 3.8) is 0 Å². The molecule has 3 aromatic carbocycles. The van der Waals surface area contributed by atoms with Crippen LogP contribution in [0.5, 0.6) is 11.5 Å². The zero-order valence-corrected chi connectivity index (χ0v) is 20.6. The van der Waals surface area contributed by atoms with Crippen molar-refractivity contribution in [2.75, 3.05) is 18.5 Å². The normalized spacial score (nSPS) is 15.4. The van der Waals surface area contributed by atoms with Gasteiger partial charge in [0.15, 0.2) is 0 Å². The molecule has 4 rings (SSSR count). The van der Waals surface area contributed by atoms with Gasteiger partial charge < -0.3 is 19.7 Å². The largest absolute Gasteiger partial charge is 0.463 e. The number of hydrogen-bond acceptors (Lipinski definition) is 5. The molecule has 0 aromatic heterocycles. The molecular formula is C29H27FN2O5. The molecule has 0 fully saturated rings. The summed E-state index contributed by atoms with van der Waals surface area (Å²) in [6, 6.07) is 21.8. The summed E-state index contributed by atoms with van der Waals surface area (Å²) in [7, 11) is 0. The third kappa shape index (κ3) is 6.22. The number of carbonyl (C=O) groups is 3. The van der Waals surface area contributed by atoms with E-state index in [1.807, 2.05) is 36.4 Å². The van der Waals surface area contributed by atoms with Gasteiger partial charge in [-0.2, -0.15) is 0 Å². The van der Waals surface area contributed by atoms with Gasteiger partial charge in [-0.3, -0.25) is 9.59 Å². The molecule has 8 heteroatoms. The van der Waals surface area contributed by atoms with Crippen molar-refractivity contribution >= 4 is 23.5 Å². The number of esters is 1. The highest BCUT2D eigenvalue weighted by Crippen LogP contribution is 2.38. The minimum atomic E-state index is -0.567. The smallest absolute Gasteiger partial charge is 0.336 e. The molecule has 0 saturated carbocycles. The van der Waals surface area contributed by atoms with E-state index < -0.39 is 23.6 Å². The average molecular weight is 503 g/mol. The van der Waals surface area contributed by atoms with Crippen molar-refractivity contribution in [3.05, 3.63) is 102 Å². The molecular weight excluding hydrogens is 475 g/mol. The van der Waals surface area contributed by atoms with E-state index in [0.717, 1.165) is 5.56 Å². The molecule has 37 heavy (non-hydrogen) atoms. The maximum Gasteiger partial charge on any atom is 0.336 e. The second-order valence-corrected chi connectivity index (χ2v) is 8.50. The maximum absolute atomic E-state index is 13.2. The highest BCUT2D eigenvalue weighted by Gasteiger charge is 2.37. The van der Waals surface area contributed by atoms with Crippen LogP contribution in [0, 0.1) is 5.82 Å². The minimum absolute atomic E-state index is 0.0237. The van der Waals surface area contributed by atoms with E-state index in [9.17, 15) is 18.8 Å². The highest BCUT2D eigenvalue weighted by molar-refractivity contribution is 5.99. The third-order valence-electron chi connectivity index (χ3n) is 5.99. The first-order chi connectivity index (χ1) is 17.9. The lowest BCUT2D eigenvalue weighted by Gasteiger charge is -2.34. The van der Waals surface area contributed by atoms with Crippen molar-refractivity contribution in [2.24, 2.45) is 0 Å². The Morgan fingerprint density at radius 1 is 1.00 bits per heavy atom. The molecule has 2 amide bonds. The van der Waals surface area contributed by atoms with Crippen LogP contribution in [0.15, 0.2) is 90.1 Å². The van der Waals surface area contributed by atoms with E-state index in [-0.39, 0.29) is 25.5 Å². The Balaban J connectivity index is 1.61. The fourth-order valence-corrected chi connectivity index (χ4v) is 4.26. The predicted molar refractivity (Wildman–Crippen MR) is 136 cm³/mol. The van der Waals surface area contributed by atoms with E-state index in [2.05, 4.69) is 5.32 Å². The SMILES string of the molecule is CCOC(=O)C1=C(C)N(CC(=O)Nc2ccc(F)cc2)C(=O)CC1c1cccc(Oc2ccccc2)c1. The molecule has 0 radical (unpaired) electrons. The van der Waals surface area contributed by atoms with Crippen LogP contribution in [-0.4, -0.2) is 35.8 Å². The molecule has 1 aliphatic rings. The van der Waals surface area contributed by atoms with Gasteiger partial charge in [0.25, 0.3) is 0 Å². The summed E-state index contributed by atoms with van der Waals surface area (Å²) in [6.45, 7) is 3.21. The number of para-hydroxylation sites is 1. The van der Waals surface area contributed by atoms with Crippen LogP contribution in [0.4, 0.5) is 10.1 Å². The lowest BCUT2D eigenvalue weighted by atomic mass is 9.83. The van der Waals surface area contributed by atoms with E-state index in [1.165, 1.54) is 29.2 Å². The van der Waals surface area contributed by atoms with Gasteiger partial charge in [-0.05, 0) is 67.9 Å². The number of carbonyl (C=O) groups excluding carboxylic acids is 3. The average Bonchev–Trinajstić information content (AvgIpc) is 2.88. The van der Waals surface area contributed by atoms with E-state index >= 15 is 0 Å². The summed E-state index contributed by atoms with van der Waals surface area (Å²) < 4.78 is 24.4. The van der Waals surface area contributed by atoms with E-state index in [0.29, 0.717) is 28.5 Å². The number of nitrogens with zero attached hydrogens (tertiary/aromatic N) is 1. The number of halogens is 1. The van der Waals surface area contributed by atoms with E-state index in [1.54, 1.807) is 32.0 Å². The Bertz CT molecular complexity index is 1320. The lowest BCUT2D eigenvalue weighted by Crippen LogP contribution is -2.42. The molecule has 1 unspecified atom stereocenters. The number of rotatable bonds is 8. The van der Waals surface area contributed by atoms with Gasteiger partial charge in [0, 0.05) is 23.7 Å². The van der Waals surface area contributed by atoms with Crippen LogP contribution in [-0.2, 0) is 19.1 Å². The Morgan fingerprint density at radius 3 is 2.41 bits per heavy atom. The van der Waals surface area contributed by atoms with Crippen LogP contribution in [0.2, 0.25) is 0 Å². The van der Waals surface area contributed by atoms with Crippen molar-refractivity contribution in [1.82, 2.24) is 4.90 Å². The summed E-state index contributed by atoms with van der Waals surface area (Å²) >= 11 is 0. The van der Waals surface area contributed by atoms with Gasteiger partial charge in [-0.1, -0.05) is 30.3 Å². The fourth-order valence-electron chi connectivity index (χ4n) is 4.26. The first-order valence-electron chi connectivity index (χ1n) is 11.9. The summed E-state index contributed by atoms with van der Waals surface area (Å²) in [6.07, 6.45) is -0.0237. The van der Waals surface area contributed by atoms with Crippen molar-refractivity contribution in [2.45, 2.75) is 26.2 Å². The summed E-state index contributed by atoms with van der Waals surface area (Å²) in [5.41, 5.74) is 1.78. The van der Waals surface area contributed by atoms with Gasteiger partial charge in [0.2, 0.25) is 11.8 Å². The van der Waals surface area contributed by atoms with Crippen LogP contribution in [0.25, 0.3) is 0 Å². The van der Waals surface area contributed by atoms with E-state index in [4.69, 9.17) is 9.47 Å². The molecule has 3 aromatic rings. The number of ether oxygens (including phenoxy) is 2. The van der Waals surface area contributed by atoms with Crippen LogP contribution >= 0.6 is 0 Å². The van der Waals surface area contributed by atoms with Crippen LogP contribution in [0.1, 0.15) is 31.7 Å². The molecule has 1 atom stereocenters. The monoisotopic (exact) mass is 502 g/mol. The Labute approximate surface area is 214 Å². The van der Waals surface area contributed by atoms with Crippen LogP contribution < -0.4 is 10.1 Å². The number of benzene rings is 3. The zero-order valence-electron chi connectivity index (χ0n) is 20.6. The summed E-state index contributed by atoms with van der Waals surface area (Å²) in [5.74, 6) is -1.09. The van der Waals surface area contributed by atoms with Gasteiger partial charge >= 0.3 is 5.97 Å². The maximum atomic E-state index is 13.2. The second kappa shape index (κ2) is 11.5. The van der Waals surface area contributed by atoms with Crippen molar-refractivity contribution in [3.8, 4) is 11.5 Å². The molecule has 0 aliphatic carbocycles. The molecule has 1 heterocycles. The molecule has 1 N–H and O–H groups in total. The number of hydrogen-bond donors (Lipinski definition) is 1. The molecule has 1 aliphatic heterocycles. The number of amides is 2.